The third-order valence-corrected chi connectivity index (χ3v) is 6.85. The summed E-state index contributed by atoms with van der Waals surface area (Å²) in [6.45, 7) is 1.57. The van der Waals surface area contributed by atoms with E-state index in [0.717, 1.165) is 42.6 Å². The average molecular weight is 478 g/mol. The van der Waals surface area contributed by atoms with E-state index in [1.807, 2.05) is 18.1 Å². The van der Waals surface area contributed by atoms with Crippen LogP contribution in [0.4, 0.5) is 4.39 Å². The molecular weight excluding hydrogens is 449 g/mol. The molecule has 5 rings (SSSR count). The van der Waals surface area contributed by atoms with Gasteiger partial charge in [0.2, 0.25) is 5.91 Å². The minimum atomic E-state index is -0.299. The number of aryl methyl sites for hydroxylation is 2. The fraction of sp³-hybridized carbons (Fsp3) is 0.385. The molecule has 1 saturated heterocycles. The van der Waals surface area contributed by atoms with Gasteiger partial charge in [0.25, 0.3) is 5.91 Å². The monoisotopic (exact) mass is 477 g/mol. The molecule has 0 atom stereocenters. The molecule has 0 radical (unpaired) electrons. The van der Waals surface area contributed by atoms with Crippen molar-refractivity contribution in [1.29, 1.82) is 0 Å². The number of pyridine rings is 1. The first-order valence-corrected chi connectivity index (χ1v) is 11.9. The van der Waals surface area contributed by atoms with Crippen molar-refractivity contribution in [3.8, 4) is 5.75 Å². The fourth-order valence-corrected chi connectivity index (χ4v) is 4.84. The number of halogens is 1. The van der Waals surface area contributed by atoms with Gasteiger partial charge < -0.3 is 15.0 Å². The van der Waals surface area contributed by atoms with Crippen LogP contribution in [0, 0.1) is 5.82 Å². The highest BCUT2D eigenvalue weighted by Gasteiger charge is 2.40. The summed E-state index contributed by atoms with van der Waals surface area (Å²) in [6.07, 6.45) is 8.32. The number of amides is 2. The Hall–Kier alpha value is -3.75. The van der Waals surface area contributed by atoms with Gasteiger partial charge in [-0.15, -0.1) is 0 Å². The van der Waals surface area contributed by atoms with Crippen LogP contribution in [0.25, 0.3) is 0 Å². The molecule has 0 saturated carbocycles. The first-order valence-electron chi connectivity index (χ1n) is 11.9. The van der Waals surface area contributed by atoms with Gasteiger partial charge in [0.1, 0.15) is 17.2 Å². The number of nitrogens with one attached hydrogen (secondary N) is 1. The van der Waals surface area contributed by atoms with E-state index in [2.05, 4.69) is 15.4 Å². The largest absolute Gasteiger partial charge is 0.487 e. The fourth-order valence-electron chi connectivity index (χ4n) is 4.84. The smallest absolute Gasteiger partial charge is 0.251 e. The summed E-state index contributed by atoms with van der Waals surface area (Å²) in [4.78, 5) is 31.6. The van der Waals surface area contributed by atoms with Gasteiger partial charge in [-0.3, -0.25) is 19.3 Å². The summed E-state index contributed by atoms with van der Waals surface area (Å²) >= 11 is 0. The summed E-state index contributed by atoms with van der Waals surface area (Å²) in [6, 6.07) is 7.98. The lowest BCUT2D eigenvalue weighted by atomic mass is 9.83. The van der Waals surface area contributed by atoms with Gasteiger partial charge in [-0.1, -0.05) is 0 Å². The predicted molar refractivity (Wildman–Crippen MR) is 126 cm³/mol. The first-order chi connectivity index (χ1) is 16.9. The molecule has 8 nitrogen and oxygen atoms in total. The number of piperidine rings is 1. The zero-order valence-electron chi connectivity index (χ0n) is 19.7. The van der Waals surface area contributed by atoms with E-state index in [4.69, 9.17) is 4.74 Å². The van der Waals surface area contributed by atoms with Gasteiger partial charge in [0.05, 0.1) is 18.3 Å². The van der Waals surface area contributed by atoms with Crippen molar-refractivity contribution in [3.63, 3.8) is 0 Å². The molecule has 182 valence electrons. The molecule has 1 aromatic carbocycles. The maximum absolute atomic E-state index is 13.5. The Morgan fingerprint density at radius 3 is 2.77 bits per heavy atom. The van der Waals surface area contributed by atoms with Crippen molar-refractivity contribution in [2.24, 2.45) is 7.05 Å². The van der Waals surface area contributed by atoms with Crippen LogP contribution in [-0.2, 0) is 31.2 Å². The molecule has 35 heavy (non-hydrogen) atoms. The number of carbonyl (C=O) groups excluding carboxylic acids is 2. The third kappa shape index (κ3) is 5.18. The van der Waals surface area contributed by atoms with Gasteiger partial charge in [0.15, 0.2) is 0 Å². The first kappa shape index (κ1) is 23.0. The Labute approximate surface area is 203 Å². The highest BCUT2D eigenvalue weighted by molar-refractivity contribution is 5.94. The number of nitrogens with zero attached hydrogens (tertiary/aromatic N) is 4. The van der Waals surface area contributed by atoms with E-state index in [-0.39, 0.29) is 29.7 Å². The van der Waals surface area contributed by atoms with Crippen LogP contribution in [0.1, 0.15) is 46.4 Å². The third-order valence-electron chi connectivity index (χ3n) is 6.85. The van der Waals surface area contributed by atoms with Crippen LogP contribution in [0.3, 0.4) is 0 Å². The van der Waals surface area contributed by atoms with E-state index < -0.39 is 0 Å². The minimum Gasteiger partial charge on any atom is -0.487 e. The molecule has 2 aliphatic rings. The van der Waals surface area contributed by atoms with E-state index in [9.17, 15) is 14.0 Å². The average Bonchev–Trinajstić information content (AvgIpc) is 3.28. The quantitative estimate of drug-likeness (QED) is 0.611. The van der Waals surface area contributed by atoms with E-state index in [1.165, 1.54) is 6.07 Å². The summed E-state index contributed by atoms with van der Waals surface area (Å²) in [5.74, 6) is 0.269. The molecule has 0 aliphatic carbocycles. The minimum absolute atomic E-state index is 0.0152. The SMILES string of the molecule is Cn1cc(CNC(=O)c2ccnc(CC(=O)N3CCC4(CCc5cc(F)ccc5O4)CC3)c2)cn1. The normalized spacial score (nSPS) is 16.5. The number of benzene rings is 1. The molecule has 0 bridgehead atoms. The molecule has 2 aliphatic heterocycles. The molecular formula is C26H28FN5O3. The highest BCUT2D eigenvalue weighted by atomic mass is 19.1. The molecule has 1 fully saturated rings. The number of carbonyl (C=O) groups is 2. The standard InChI is InChI=1S/C26H28FN5O3/c1-31-17-18(16-30-31)15-29-25(34)20-5-9-28-22(13-20)14-24(33)32-10-7-26(8-11-32)6-4-19-12-21(27)2-3-23(19)35-26/h2-3,5,9,12-13,16-17H,4,6-8,10-11,14-15H2,1H3,(H,29,34). The lowest BCUT2D eigenvalue weighted by molar-refractivity contribution is -0.134. The Morgan fingerprint density at radius 2 is 2.00 bits per heavy atom. The summed E-state index contributed by atoms with van der Waals surface area (Å²) < 4.78 is 21.5. The van der Waals surface area contributed by atoms with Crippen molar-refractivity contribution in [2.75, 3.05) is 13.1 Å². The van der Waals surface area contributed by atoms with E-state index in [0.29, 0.717) is 30.9 Å². The molecule has 2 amide bonds. The van der Waals surface area contributed by atoms with Crippen LogP contribution in [0.15, 0.2) is 48.9 Å². The summed E-state index contributed by atoms with van der Waals surface area (Å²) in [5, 5.41) is 6.96. The maximum atomic E-state index is 13.5. The van der Waals surface area contributed by atoms with Crippen molar-refractivity contribution in [2.45, 2.75) is 44.2 Å². The van der Waals surface area contributed by atoms with Crippen LogP contribution in [0.5, 0.6) is 5.75 Å². The highest BCUT2D eigenvalue weighted by Crippen LogP contribution is 2.39. The summed E-state index contributed by atoms with van der Waals surface area (Å²) in [5.41, 5.74) is 2.55. The number of aromatic nitrogens is 3. The van der Waals surface area contributed by atoms with Crippen molar-refractivity contribution < 1.29 is 18.7 Å². The van der Waals surface area contributed by atoms with Crippen LogP contribution in [-0.4, -0.2) is 50.2 Å². The predicted octanol–water partition coefficient (Wildman–Crippen LogP) is 2.81. The second-order valence-electron chi connectivity index (χ2n) is 9.34. The van der Waals surface area contributed by atoms with Gasteiger partial charge in [-0.05, 0) is 48.7 Å². The summed E-state index contributed by atoms with van der Waals surface area (Å²) in [7, 11) is 1.82. The molecule has 0 unspecified atom stereocenters. The second kappa shape index (κ2) is 9.48. The second-order valence-corrected chi connectivity index (χ2v) is 9.34. The zero-order chi connectivity index (χ0) is 24.4. The number of hydrogen-bond donors (Lipinski definition) is 1. The Kier molecular flexibility index (Phi) is 6.23. The maximum Gasteiger partial charge on any atom is 0.251 e. The lowest BCUT2D eigenvalue weighted by Gasteiger charge is -2.44. The Bertz CT molecular complexity index is 1250. The molecule has 1 N–H and O–H groups in total. The van der Waals surface area contributed by atoms with Gasteiger partial charge in [-0.2, -0.15) is 5.10 Å². The van der Waals surface area contributed by atoms with Crippen molar-refractivity contribution in [1.82, 2.24) is 25.0 Å². The number of rotatable bonds is 5. The topological polar surface area (TPSA) is 89.4 Å². The number of ether oxygens (including phenoxy) is 1. The molecule has 1 spiro atoms. The molecule has 9 heteroatoms. The number of likely N-dealkylation sites (tertiary alicyclic amines) is 1. The number of fused-ring (bicyclic) bond motifs is 1. The Morgan fingerprint density at radius 1 is 1.17 bits per heavy atom. The number of hydrogen-bond acceptors (Lipinski definition) is 5. The van der Waals surface area contributed by atoms with Crippen molar-refractivity contribution >= 4 is 11.8 Å². The van der Waals surface area contributed by atoms with E-state index in [1.54, 1.807) is 41.3 Å². The van der Waals surface area contributed by atoms with Crippen molar-refractivity contribution in [3.05, 3.63) is 77.1 Å². The Balaban J connectivity index is 1.15. The van der Waals surface area contributed by atoms with E-state index >= 15 is 0 Å². The van der Waals surface area contributed by atoms with Crippen LogP contribution in [0.2, 0.25) is 0 Å². The molecule has 2 aromatic heterocycles. The van der Waals surface area contributed by atoms with Crippen LogP contribution < -0.4 is 10.1 Å². The van der Waals surface area contributed by atoms with Gasteiger partial charge >= 0.3 is 0 Å². The molecule has 3 aromatic rings. The lowest BCUT2D eigenvalue weighted by Crippen LogP contribution is -2.51. The zero-order valence-corrected chi connectivity index (χ0v) is 19.7. The van der Waals surface area contributed by atoms with Gasteiger partial charge in [-0.25, -0.2) is 4.39 Å². The van der Waals surface area contributed by atoms with Gasteiger partial charge in [0, 0.05) is 63.0 Å². The van der Waals surface area contributed by atoms with Crippen LogP contribution >= 0.6 is 0 Å². The molecule has 4 heterocycles.